The second kappa shape index (κ2) is 9.78. The zero-order valence-electron chi connectivity index (χ0n) is 18.2. The average molecular weight is 434 g/mol. The molecule has 1 saturated heterocycles. The summed E-state index contributed by atoms with van der Waals surface area (Å²) in [5.41, 5.74) is 2.13. The van der Waals surface area contributed by atoms with Crippen LogP contribution in [0, 0.1) is 0 Å². The maximum atomic E-state index is 12.9. The number of carbonyl (C=O) groups excluding carboxylic acids is 3. The van der Waals surface area contributed by atoms with Crippen molar-refractivity contribution in [1.29, 1.82) is 0 Å². The van der Waals surface area contributed by atoms with Gasteiger partial charge in [-0.25, -0.2) is 0 Å². The van der Waals surface area contributed by atoms with E-state index in [4.69, 9.17) is 4.74 Å². The summed E-state index contributed by atoms with van der Waals surface area (Å²) in [6, 6.07) is 15.1. The van der Waals surface area contributed by atoms with E-state index in [9.17, 15) is 14.4 Å². The SMILES string of the molecule is CC(=O)c1ccc2c(c1)N(CC(=O)N1CCN(CC=Cc3ccccc3)CC1)C(=O)CO2. The second-order valence-corrected chi connectivity index (χ2v) is 8.00. The quantitative estimate of drug-likeness (QED) is 0.655. The smallest absolute Gasteiger partial charge is 0.265 e. The van der Waals surface area contributed by atoms with Gasteiger partial charge in [0.15, 0.2) is 12.4 Å². The summed E-state index contributed by atoms with van der Waals surface area (Å²) in [6.07, 6.45) is 4.25. The molecule has 0 aromatic heterocycles. The van der Waals surface area contributed by atoms with E-state index < -0.39 is 0 Å². The van der Waals surface area contributed by atoms with Crippen molar-refractivity contribution in [3.8, 4) is 5.75 Å². The van der Waals surface area contributed by atoms with Crippen molar-refractivity contribution in [1.82, 2.24) is 9.80 Å². The van der Waals surface area contributed by atoms with Crippen LogP contribution in [0.2, 0.25) is 0 Å². The number of piperazine rings is 1. The lowest BCUT2D eigenvalue weighted by atomic mass is 10.1. The van der Waals surface area contributed by atoms with E-state index in [1.54, 1.807) is 23.1 Å². The number of amides is 2. The van der Waals surface area contributed by atoms with Crippen LogP contribution >= 0.6 is 0 Å². The molecule has 2 aromatic carbocycles. The molecule has 7 heteroatoms. The van der Waals surface area contributed by atoms with E-state index in [0.717, 1.165) is 19.6 Å². The molecule has 2 aliphatic heterocycles. The Morgan fingerprint density at radius 3 is 2.50 bits per heavy atom. The summed E-state index contributed by atoms with van der Waals surface area (Å²) in [4.78, 5) is 42.7. The molecule has 4 rings (SSSR count). The minimum atomic E-state index is -0.281. The van der Waals surface area contributed by atoms with Crippen LogP contribution in [0.5, 0.6) is 5.75 Å². The summed E-state index contributed by atoms with van der Waals surface area (Å²) in [7, 11) is 0. The molecule has 0 unspecified atom stereocenters. The summed E-state index contributed by atoms with van der Waals surface area (Å²) in [5.74, 6) is 0.0297. The number of nitrogens with zero attached hydrogens (tertiary/aromatic N) is 3. The van der Waals surface area contributed by atoms with E-state index in [1.807, 2.05) is 18.2 Å². The van der Waals surface area contributed by atoms with Crippen molar-refractivity contribution in [2.24, 2.45) is 0 Å². The van der Waals surface area contributed by atoms with Crippen LogP contribution in [-0.2, 0) is 9.59 Å². The van der Waals surface area contributed by atoms with Crippen LogP contribution in [0.3, 0.4) is 0 Å². The molecule has 0 bridgehead atoms. The van der Waals surface area contributed by atoms with E-state index >= 15 is 0 Å². The molecule has 2 aliphatic rings. The van der Waals surface area contributed by atoms with Crippen molar-refractivity contribution in [2.75, 3.05) is 50.8 Å². The molecule has 0 atom stereocenters. The van der Waals surface area contributed by atoms with Crippen molar-refractivity contribution in [3.63, 3.8) is 0 Å². The van der Waals surface area contributed by atoms with Crippen LogP contribution in [0.1, 0.15) is 22.8 Å². The van der Waals surface area contributed by atoms with E-state index in [0.29, 0.717) is 30.1 Å². The number of Topliss-reactive ketones (excluding diaryl/α,β-unsaturated/α-hetero) is 1. The lowest BCUT2D eigenvalue weighted by Crippen LogP contribution is -2.52. The predicted molar refractivity (Wildman–Crippen MR) is 123 cm³/mol. The number of hydrogen-bond acceptors (Lipinski definition) is 5. The molecule has 0 aliphatic carbocycles. The van der Waals surface area contributed by atoms with Gasteiger partial charge in [-0.1, -0.05) is 42.5 Å². The molecule has 0 spiro atoms. The first-order valence-electron chi connectivity index (χ1n) is 10.8. The van der Waals surface area contributed by atoms with E-state index in [1.165, 1.54) is 17.4 Å². The Hall–Kier alpha value is -3.45. The lowest BCUT2D eigenvalue weighted by Gasteiger charge is -2.36. The Labute approximate surface area is 187 Å². The fraction of sp³-hybridized carbons (Fsp3) is 0.320. The highest BCUT2D eigenvalue weighted by atomic mass is 16.5. The first-order chi connectivity index (χ1) is 15.5. The number of ether oxygens (including phenoxy) is 1. The second-order valence-electron chi connectivity index (χ2n) is 8.00. The Bertz CT molecular complexity index is 1030. The predicted octanol–water partition coefficient (Wildman–Crippen LogP) is 2.47. The maximum Gasteiger partial charge on any atom is 0.265 e. The molecule has 2 amide bonds. The molecule has 1 fully saturated rings. The number of fused-ring (bicyclic) bond motifs is 1. The molecule has 0 N–H and O–H groups in total. The minimum absolute atomic E-state index is 0.0511. The van der Waals surface area contributed by atoms with Gasteiger partial charge in [-0.05, 0) is 30.7 Å². The fourth-order valence-electron chi connectivity index (χ4n) is 3.91. The van der Waals surface area contributed by atoms with Crippen LogP contribution in [-0.4, -0.2) is 73.3 Å². The molecule has 0 saturated carbocycles. The van der Waals surface area contributed by atoms with Crippen molar-refractivity contribution in [3.05, 3.63) is 65.7 Å². The molecule has 2 heterocycles. The number of benzene rings is 2. The van der Waals surface area contributed by atoms with Gasteiger partial charge in [0.2, 0.25) is 5.91 Å². The largest absolute Gasteiger partial charge is 0.482 e. The third kappa shape index (κ3) is 5.06. The van der Waals surface area contributed by atoms with E-state index in [-0.39, 0.29) is 30.7 Å². The highest BCUT2D eigenvalue weighted by Gasteiger charge is 2.30. The Morgan fingerprint density at radius 1 is 1.03 bits per heavy atom. The molecular weight excluding hydrogens is 406 g/mol. The van der Waals surface area contributed by atoms with Gasteiger partial charge in [0.25, 0.3) is 5.91 Å². The highest BCUT2D eigenvalue weighted by Crippen LogP contribution is 2.33. The van der Waals surface area contributed by atoms with Gasteiger partial charge < -0.3 is 9.64 Å². The first kappa shape index (κ1) is 21.8. The van der Waals surface area contributed by atoms with Gasteiger partial charge in [-0.2, -0.15) is 0 Å². The topological polar surface area (TPSA) is 70.2 Å². The first-order valence-corrected chi connectivity index (χ1v) is 10.8. The Balaban J connectivity index is 1.33. The van der Waals surface area contributed by atoms with Crippen LogP contribution in [0.25, 0.3) is 6.08 Å². The Kier molecular flexibility index (Phi) is 6.66. The van der Waals surface area contributed by atoms with Crippen LogP contribution in [0.4, 0.5) is 5.69 Å². The zero-order chi connectivity index (χ0) is 22.5. The minimum Gasteiger partial charge on any atom is -0.482 e. The van der Waals surface area contributed by atoms with Gasteiger partial charge in [0, 0.05) is 38.3 Å². The number of rotatable bonds is 6. The van der Waals surface area contributed by atoms with E-state index in [2.05, 4.69) is 29.2 Å². The normalized spacial score (nSPS) is 16.7. The van der Waals surface area contributed by atoms with Crippen molar-refractivity contribution in [2.45, 2.75) is 6.92 Å². The molecule has 166 valence electrons. The van der Waals surface area contributed by atoms with Crippen LogP contribution in [0.15, 0.2) is 54.6 Å². The summed E-state index contributed by atoms with van der Waals surface area (Å²) in [6.45, 7) is 4.96. The van der Waals surface area contributed by atoms with Gasteiger partial charge in [0.1, 0.15) is 12.3 Å². The standard InChI is InChI=1S/C25H27N3O4/c1-19(29)21-9-10-23-22(16-21)28(25(31)18-32-23)17-24(30)27-14-12-26(13-15-27)11-5-8-20-6-3-2-4-7-20/h2-10,16H,11-15,17-18H2,1H3. The zero-order valence-corrected chi connectivity index (χ0v) is 18.2. The highest BCUT2D eigenvalue weighted by molar-refractivity contribution is 6.04. The molecule has 0 radical (unpaired) electrons. The third-order valence-corrected chi connectivity index (χ3v) is 5.80. The summed E-state index contributed by atoms with van der Waals surface area (Å²) < 4.78 is 5.47. The van der Waals surface area contributed by atoms with Gasteiger partial charge in [-0.3, -0.25) is 24.2 Å². The number of ketones is 1. The third-order valence-electron chi connectivity index (χ3n) is 5.80. The molecular formula is C25H27N3O4. The molecule has 7 nitrogen and oxygen atoms in total. The maximum absolute atomic E-state index is 12.9. The fourth-order valence-corrected chi connectivity index (χ4v) is 3.91. The molecule has 2 aromatic rings. The monoisotopic (exact) mass is 433 g/mol. The van der Waals surface area contributed by atoms with Crippen molar-refractivity contribution >= 4 is 29.4 Å². The number of hydrogen-bond donors (Lipinski definition) is 0. The summed E-state index contributed by atoms with van der Waals surface area (Å²) in [5, 5.41) is 0. The van der Waals surface area contributed by atoms with Gasteiger partial charge >= 0.3 is 0 Å². The lowest BCUT2D eigenvalue weighted by molar-refractivity contribution is -0.133. The Morgan fingerprint density at radius 2 is 1.78 bits per heavy atom. The van der Waals surface area contributed by atoms with Gasteiger partial charge in [0.05, 0.1) is 5.69 Å². The summed E-state index contributed by atoms with van der Waals surface area (Å²) >= 11 is 0. The average Bonchev–Trinajstić information content (AvgIpc) is 2.81. The van der Waals surface area contributed by atoms with Crippen LogP contribution < -0.4 is 9.64 Å². The number of anilines is 1. The molecule has 32 heavy (non-hydrogen) atoms. The van der Waals surface area contributed by atoms with Gasteiger partial charge in [-0.15, -0.1) is 0 Å². The number of carbonyl (C=O) groups is 3. The van der Waals surface area contributed by atoms with Crippen molar-refractivity contribution < 1.29 is 19.1 Å².